The van der Waals surface area contributed by atoms with Crippen LogP contribution >= 0.6 is 15.9 Å². The molecule has 144 valence electrons. The molecule has 0 spiro atoms. The summed E-state index contributed by atoms with van der Waals surface area (Å²) in [6, 6.07) is 11.9. The van der Waals surface area contributed by atoms with Crippen molar-refractivity contribution in [3.8, 4) is 11.5 Å². The molecule has 27 heavy (non-hydrogen) atoms. The van der Waals surface area contributed by atoms with Crippen molar-refractivity contribution < 1.29 is 19.1 Å². The molecule has 0 saturated carbocycles. The van der Waals surface area contributed by atoms with Crippen molar-refractivity contribution in [2.24, 2.45) is 0 Å². The summed E-state index contributed by atoms with van der Waals surface area (Å²) in [6.45, 7) is 5.11. The van der Waals surface area contributed by atoms with Crippen LogP contribution in [0.25, 0.3) is 0 Å². The van der Waals surface area contributed by atoms with E-state index in [0.29, 0.717) is 40.3 Å². The minimum Gasteiger partial charge on any atom is -0.493 e. The van der Waals surface area contributed by atoms with Gasteiger partial charge in [-0.2, -0.15) is 0 Å². The first-order chi connectivity index (χ1) is 13.1. The van der Waals surface area contributed by atoms with Crippen LogP contribution in [0.4, 0.5) is 0 Å². The minimum absolute atomic E-state index is 0.357. The van der Waals surface area contributed by atoms with Gasteiger partial charge < -0.3 is 9.47 Å². The number of hydrogen-bond donors (Lipinski definition) is 2. The smallest absolute Gasteiger partial charge is 0.273 e. The van der Waals surface area contributed by atoms with Gasteiger partial charge in [0.1, 0.15) is 11.5 Å². The third-order valence-corrected chi connectivity index (χ3v) is 4.16. The zero-order valence-electron chi connectivity index (χ0n) is 15.4. The van der Waals surface area contributed by atoms with E-state index < -0.39 is 11.8 Å². The molecule has 2 N–H and O–H groups in total. The Hall–Kier alpha value is -2.54. The van der Waals surface area contributed by atoms with Gasteiger partial charge in [0.25, 0.3) is 11.8 Å². The van der Waals surface area contributed by atoms with Crippen LogP contribution in [0.2, 0.25) is 0 Å². The summed E-state index contributed by atoms with van der Waals surface area (Å²) in [7, 11) is 0. The van der Waals surface area contributed by atoms with E-state index in [9.17, 15) is 9.59 Å². The van der Waals surface area contributed by atoms with Gasteiger partial charge in [-0.1, -0.05) is 26.0 Å². The molecular weight excluding hydrogens is 412 g/mol. The van der Waals surface area contributed by atoms with Crippen LogP contribution in [0.3, 0.4) is 0 Å². The Morgan fingerprint density at radius 2 is 1.52 bits per heavy atom. The highest BCUT2D eigenvalue weighted by molar-refractivity contribution is 9.10. The van der Waals surface area contributed by atoms with Crippen molar-refractivity contribution in [3.63, 3.8) is 0 Å². The molecule has 6 nitrogen and oxygen atoms in total. The SMILES string of the molecule is CCCOc1ccc(C(=O)NNC(=O)c2ccccc2OCCC)cc1Br. The summed E-state index contributed by atoms with van der Waals surface area (Å²) >= 11 is 3.39. The summed E-state index contributed by atoms with van der Waals surface area (Å²) in [4.78, 5) is 24.7. The second-order valence-electron chi connectivity index (χ2n) is 5.75. The molecule has 0 aromatic heterocycles. The number of amides is 2. The summed E-state index contributed by atoms with van der Waals surface area (Å²) in [5.41, 5.74) is 5.58. The molecule has 0 aliphatic heterocycles. The molecule has 0 unspecified atom stereocenters. The van der Waals surface area contributed by atoms with E-state index in [4.69, 9.17) is 9.47 Å². The van der Waals surface area contributed by atoms with Crippen molar-refractivity contribution in [1.82, 2.24) is 10.9 Å². The van der Waals surface area contributed by atoms with Crippen LogP contribution in [0.15, 0.2) is 46.9 Å². The first kappa shape index (κ1) is 20.8. The molecule has 0 radical (unpaired) electrons. The third-order valence-electron chi connectivity index (χ3n) is 3.54. The molecule has 7 heteroatoms. The quantitative estimate of drug-likeness (QED) is 0.613. The van der Waals surface area contributed by atoms with E-state index in [1.54, 1.807) is 42.5 Å². The lowest BCUT2D eigenvalue weighted by molar-refractivity contribution is 0.0844. The van der Waals surface area contributed by atoms with Gasteiger partial charge >= 0.3 is 0 Å². The molecular formula is C20H23BrN2O4. The first-order valence-electron chi connectivity index (χ1n) is 8.81. The van der Waals surface area contributed by atoms with Crippen LogP contribution in [-0.2, 0) is 0 Å². The topological polar surface area (TPSA) is 76.7 Å². The van der Waals surface area contributed by atoms with Crippen molar-refractivity contribution in [2.75, 3.05) is 13.2 Å². The molecule has 0 aliphatic rings. The molecule has 0 aliphatic carbocycles. The van der Waals surface area contributed by atoms with Gasteiger partial charge in [-0.3, -0.25) is 20.4 Å². The summed E-state index contributed by atoms with van der Waals surface area (Å²) in [6.07, 6.45) is 1.73. The van der Waals surface area contributed by atoms with Crippen molar-refractivity contribution >= 4 is 27.7 Å². The number of hydrogen-bond acceptors (Lipinski definition) is 4. The predicted molar refractivity (Wildman–Crippen MR) is 107 cm³/mol. The van der Waals surface area contributed by atoms with E-state index in [1.807, 2.05) is 13.8 Å². The minimum atomic E-state index is -0.447. The molecule has 2 rings (SSSR count). The van der Waals surface area contributed by atoms with Gasteiger partial charge in [0.15, 0.2) is 0 Å². The Morgan fingerprint density at radius 3 is 2.19 bits per heavy atom. The number of ether oxygens (including phenoxy) is 2. The fourth-order valence-corrected chi connectivity index (χ4v) is 2.71. The monoisotopic (exact) mass is 434 g/mol. The molecule has 0 bridgehead atoms. The third kappa shape index (κ3) is 5.99. The Morgan fingerprint density at radius 1 is 0.889 bits per heavy atom. The van der Waals surface area contributed by atoms with Gasteiger partial charge in [-0.25, -0.2) is 0 Å². The van der Waals surface area contributed by atoms with Gasteiger partial charge in [0.2, 0.25) is 0 Å². The summed E-state index contributed by atoms with van der Waals surface area (Å²) in [5, 5.41) is 0. The summed E-state index contributed by atoms with van der Waals surface area (Å²) in [5.74, 6) is 0.265. The number of para-hydroxylation sites is 1. The first-order valence-corrected chi connectivity index (χ1v) is 9.61. The largest absolute Gasteiger partial charge is 0.493 e. The standard InChI is InChI=1S/C20H23BrN2O4/c1-3-11-26-17-8-6-5-7-15(17)20(25)23-22-19(24)14-9-10-18(16(21)13-14)27-12-4-2/h5-10,13H,3-4,11-12H2,1-2H3,(H,22,24)(H,23,25). The highest BCUT2D eigenvalue weighted by Crippen LogP contribution is 2.26. The van der Waals surface area contributed by atoms with Crippen LogP contribution in [0.5, 0.6) is 11.5 Å². The van der Waals surface area contributed by atoms with Crippen LogP contribution < -0.4 is 20.3 Å². The number of hydrazine groups is 1. The Labute approximate surface area is 167 Å². The number of rotatable bonds is 8. The van der Waals surface area contributed by atoms with E-state index in [2.05, 4.69) is 26.8 Å². The van der Waals surface area contributed by atoms with E-state index >= 15 is 0 Å². The van der Waals surface area contributed by atoms with Crippen molar-refractivity contribution in [3.05, 3.63) is 58.1 Å². The van der Waals surface area contributed by atoms with E-state index in [0.717, 1.165) is 12.8 Å². The van der Waals surface area contributed by atoms with Gasteiger partial charge in [0, 0.05) is 5.56 Å². The fraction of sp³-hybridized carbons (Fsp3) is 0.300. The zero-order valence-corrected chi connectivity index (χ0v) is 17.0. The fourth-order valence-electron chi connectivity index (χ4n) is 2.22. The molecule has 2 aromatic rings. The number of nitrogens with one attached hydrogen (secondary N) is 2. The van der Waals surface area contributed by atoms with E-state index in [-0.39, 0.29) is 0 Å². The highest BCUT2D eigenvalue weighted by atomic mass is 79.9. The predicted octanol–water partition coefficient (Wildman–Crippen LogP) is 4.10. The average Bonchev–Trinajstić information content (AvgIpc) is 2.69. The second kappa shape index (κ2) is 10.6. The summed E-state index contributed by atoms with van der Waals surface area (Å²) < 4.78 is 11.8. The Balaban J connectivity index is 1.99. The van der Waals surface area contributed by atoms with Crippen LogP contribution in [-0.4, -0.2) is 25.0 Å². The number of carbonyl (C=O) groups is 2. The maximum absolute atomic E-state index is 12.4. The normalized spacial score (nSPS) is 10.2. The number of benzene rings is 2. The molecule has 0 fully saturated rings. The maximum Gasteiger partial charge on any atom is 0.273 e. The number of halogens is 1. The Kier molecular flexibility index (Phi) is 8.13. The average molecular weight is 435 g/mol. The van der Waals surface area contributed by atoms with Crippen LogP contribution in [0, 0.1) is 0 Å². The lowest BCUT2D eigenvalue weighted by Crippen LogP contribution is -2.41. The molecule has 0 atom stereocenters. The number of carbonyl (C=O) groups excluding carboxylic acids is 2. The molecule has 0 saturated heterocycles. The highest BCUT2D eigenvalue weighted by Gasteiger charge is 2.14. The molecule has 0 heterocycles. The lowest BCUT2D eigenvalue weighted by Gasteiger charge is -2.12. The van der Waals surface area contributed by atoms with Crippen LogP contribution in [0.1, 0.15) is 47.4 Å². The maximum atomic E-state index is 12.4. The Bertz CT molecular complexity index is 795. The van der Waals surface area contributed by atoms with Crippen molar-refractivity contribution in [1.29, 1.82) is 0 Å². The lowest BCUT2D eigenvalue weighted by atomic mass is 10.2. The molecule has 2 amide bonds. The van der Waals surface area contributed by atoms with Gasteiger partial charge in [-0.15, -0.1) is 0 Å². The zero-order chi connectivity index (χ0) is 19.6. The van der Waals surface area contributed by atoms with Gasteiger partial charge in [0.05, 0.1) is 23.2 Å². The van der Waals surface area contributed by atoms with Gasteiger partial charge in [-0.05, 0) is 59.1 Å². The van der Waals surface area contributed by atoms with E-state index in [1.165, 1.54) is 0 Å². The van der Waals surface area contributed by atoms with Crippen molar-refractivity contribution in [2.45, 2.75) is 26.7 Å². The molecule has 2 aromatic carbocycles. The second-order valence-corrected chi connectivity index (χ2v) is 6.60.